The van der Waals surface area contributed by atoms with Crippen LogP contribution in [0.4, 0.5) is 0 Å². The number of hydrogen-bond acceptors (Lipinski definition) is 4. The van der Waals surface area contributed by atoms with Gasteiger partial charge >= 0.3 is 5.97 Å². The number of ether oxygens (including phenoxy) is 1. The number of aliphatic hydroxyl groups excluding tert-OH is 1. The van der Waals surface area contributed by atoms with Gasteiger partial charge in [-0.15, -0.1) is 0 Å². The summed E-state index contributed by atoms with van der Waals surface area (Å²) in [4.78, 5) is 11.0. The van der Waals surface area contributed by atoms with E-state index >= 15 is 0 Å². The normalized spacial score (nSPS) is 12.8. The van der Waals surface area contributed by atoms with Crippen molar-refractivity contribution in [3.63, 3.8) is 0 Å². The molecular formula is C11H18N2O3. The van der Waals surface area contributed by atoms with E-state index in [-0.39, 0.29) is 6.42 Å². The minimum atomic E-state index is -0.839. The van der Waals surface area contributed by atoms with Crippen molar-refractivity contribution in [3.05, 3.63) is 18.0 Å². The standard InChI is InChI=1S/C11H18N2O3/c1-8(2)6-13-7-9(5-12-13)10(14)4-11(15)16-3/h5,7-8,10,14H,4,6H2,1-3H3/t10-/m1/s1. The highest BCUT2D eigenvalue weighted by atomic mass is 16.5. The lowest BCUT2D eigenvalue weighted by Crippen LogP contribution is -2.08. The Morgan fingerprint density at radius 1 is 1.62 bits per heavy atom. The number of rotatable bonds is 5. The summed E-state index contributed by atoms with van der Waals surface area (Å²) in [7, 11) is 1.30. The van der Waals surface area contributed by atoms with Crippen LogP contribution in [0.5, 0.6) is 0 Å². The second-order valence-electron chi connectivity index (χ2n) is 4.19. The maximum absolute atomic E-state index is 11.0. The quantitative estimate of drug-likeness (QED) is 0.764. The summed E-state index contributed by atoms with van der Waals surface area (Å²) in [6.45, 7) is 4.98. The zero-order chi connectivity index (χ0) is 12.1. The molecule has 0 aliphatic carbocycles. The van der Waals surface area contributed by atoms with E-state index in [1.807, 2.05) is 0 Å². The van der Waals surface area contributed by atoms with Crippen molar-refractivity contribution in [3.8, 4) is 0 Å². The molecule has 90 valence electrons. The van der Waals surface area contributed by atoms with Crippen LogP contribution in [0.3, 0.4) is 0 Å². The van der Waals surface area contributed by atoms with Gasteiger partial charge in [0.2, 0.25) is 0 Å². The molecule has 0 saturated heterocycles. The van der Waals surface area contributed by atoms with E-state index in [0.29, 0.717) is 11.5 Å². The molecular weight excluding hydrogens is 208 g/mol. The molecule has 0 amide bonds. The van der Waals surface area contributed by atoms with Gasteiger partial charge < -0.3 is 9.84 Å². The molecule has 1 heterocycles. The minimum Gasteiger partial charge on any atom is -0.469 e. The first-order valence-corrected chi connectivity index (χ1v) is 5.30. The van der Waals surface area contributed by atoms with Crippen molar-refractivity contribution in [2.75, 3.05) is 7.11 Å². The number of hydrogen-bond donors (Lipinski definition) is 1. The maximum atomic E-state index is 11.0. The summed E-state index contributed by atoms with van der Waals surface area (Å²) in [5.41, 5.74) is 0.644. The number of esters is 1. The van der Waals surface area contributed by atoms with Gasteiger partial charge in [-0.2, -0.15) is 5.10 Å². The Morgan fingerprint density at radius 2 is 2.31 bits per heavy atom. The van der Waals surface area contributed by atoms with E-state index < -0.39 is 12.1 Å². The van der Waals surface area contributed by atoms with Crippen LogP contribution in [0.15, 0.2) is 12.4 Å². The van der Waals surface area contributed by atoms with Crippen LogP contribution < -0.4 is 0 Å². The minimum absolute atomic E-state index is 0.0378. The Bertz CT molecular complexity index is 347. The highest BCUT2D eigenvalue weighted by Gasteiger charge is 2.15. The van der Waals surface area contributed by atoms with Gasteiger partial charge in [0.1, 0.15) is 0 Å². The van der Waals surface area contributed by atoms with Crippen molar-refractivity contribution in [2.45, 2.75) is 32.9 Å². The number of carbonyl (C=O) groups excluding carboxylic acids is 1. The molecule has 0 saturated carbocycles. The van der Waals surface area contributed by atoms with Gasteiger partial charge in [0.05, 0.1) is 25.8 Å². The monoisotopic (exact) mass is 226 g/mol. The van der Waals surface area contributed by atoms with E-state index in [2.05, 4.69) is 23.7 Å². The Hall–Kier alpha value is -1.36. The lowest BCUT2D eigenvalue weighted by atomic mass is 10.1. The first kappa shape index (κ1) is 12.7. The largest absolute Gasteiger partial charge is 0.469 e. The third-order valence-corrected chi connectivity index (χ3v) is 2.18. The molecule has 0 unspecified atom stereocenters. The Morgan fingerprint density at radius 3 is 2.88 bits per heavy atom. The van der Waals surface area contributed by atoms with Crippen molar-refractivity contribution in [2.24, 2.45) is 5.92 Å². The van der Waals surface area contributed by atoms with Gasteiger partial charge in [-0.25, -0.2) is 0 Å². The predicted molar refractivity (Wildman–Crippen MR) is 58.7 cm³/mol. The molecule has 0 bridgehead atoms. The summed E-state index contributed by atoms with van der Waals surface area (Å²) < 4.78 is 6.25. The Balaban J connectivity index is 2.59. The third kappa shape index (κ3) is 3.66. The number of aromatic nitrogens is 2. The van der Waals surface area contributed by atoms with Crippen LogP contribution in [0, 0.1) is 5.92 Å². The molecule has 5 nitrogen and oxygen atoms in total. The molecule has 0 aromatic carbocycles. The van der Waals surface area contributed by atoms with Gasteiger partial charge in [0, 0.05) is 18.3 Å². The molecule has 1 atom stereocenters. The highest BCUT2D eigenvalue weighted by Crippen LogP contribution is 2.16. The topological polar surface area (TPSA) is 64.3 Å². The van der Waals surface area contributed by atoms with Crippen molar-refractivity contribution in [1.82, 2.24) is 9.78 Å². The lowest BCUT2D eigenvalue weighted by Gasteiger charge is -2.06. The molecule has 0 aliphatic rings. The van der Waals surface area contributed by atoms with Crippen LogP contribution >= 0.6 is 0 Å². The number of carbonyl (C=O) groups is 1. The summed E-state index contributed by atoms with van der Waals surface area (Å²) in [6, 6.07) is 0. The van der Waals surface area contributed by atoms with E-state index in [4.69, 9.17) is 0 Å². The van der Waals surface area contributed by atoms with Gasteiger partial charge in [0.15, 0.2) is 0 Å². The van der Waals surface area contributed by atoms with Crippen LogP contribution in [-0.2, 0) is 16.1 Å². The van der Waals surface area contributed by atoms with E-state index in [1.54, 1.807) is 17.1 Å². The second-order valence-corrected chi connectivity index (χ2v) is 4.19. The average molecular weight is 226 g/mol. The Kier molecular flexibility index (Phi) is 4.49. The number of nitrogens with zero attached hydrogens (tertiary/aromatic N) is 2. The van der Waals surface area contributed by atoms with Crippen molar-refractivity contribution < 1.29 is 14.6 Å². The van der Waals surface area contributed by atoms with E-state index in [1.165, 1.54) is 7.11 Å². The second kappa shape index (κ2) is 5.65. The summed E-state index contributed by atoms with van der Waals surface area (Å²) in [5, 5.41) is 13.8. The maximum Gasteiger partial charge on any atom is 0.308 e. The molecule has 1 aromatic heterocycles. The number of aliphatic hydroxyl groups is 1. The van der Waals surface area contributed by atoms with Gasteiger partial charge in [-0.3, -0.25) is 9.48 Å². The summed E-state index contributed by atoms with van der Waals surface area (Å²) >= 11 is 0. The molecule has 1 N–H and O–H groups in total. The molecule has 5 heteroatoms. The van der Waals surface area contributed by atoms with Gasteiger partial charge in [-0.1, -0.05) is 13.8 Å². The summed E-state index contributed by atoms with van der Waals surface area (Å²) in [5.74, 6) is 0.0645. The lowest BCUT2D eigenvalue weighted by molar-refractivity contribution is -0.142. The fourth-order valence-corrected chi connectivity index (χ4v) is 1.38. The SMILES string of the molecule is COC(=O)C[C@@H](O)c1cnn(CC(C)C)c1. The van der Waals surface area contributed by atoms with E-state index in [0.717, 1.165) is 6.54 Å². The van der Waals surface area contributed by atoms with Crippen LogP contribution in [0.2, 0.25) is 0 Å². The van der Waals surface area contributed by atoms with E-state index in [9.17, 15) is 9.90 Å². The third-order valence-electron chi connectivity index (χ3n) is 2.18. The van der Waals surface area contributed by atoms with Crippen LogP contribution in [0.25, 0.3) is 0 Å². The van der Waals surface area contributed by atoms with Crippen LogP contribution in [0.1, 0.15) is 31.9 Å². The van der Waals surface area contributed by atoms with Crippen molar-refractivity contribution in [1.29, 1.82) is 0 Å². The molecule has 0 fully saturated rings. The smallest absolute Gasteiger partial charge is 0.308 e. The van der Waals surface area contributed by atoms with Crippen LogP contribution in [-0.4, -0.2) is 28.0 Å². The van der Waals surface area contributed by atoms with Crippen molar-refractivity contribution >= 4 is 5.97 Å². The molecule has 1 aromatic rings. The highest BCUT2D eigenvalue weighted by molar-refractivity contribution is 5.69. The predicted octanol–water partition coefficient (Wildman–Crippen LogP) is 1.14. The average Bonchev–Trinajstić information content (AvgIpc) is 2.65. The molecule has 0 spiro atoms. The molecule has 16 heavy (non-hydrogen) atoms. The zero-order valence-corrected chi connectivity index (χ0v) is 9.88. The molecule has 0 aliphatic heterocycles. The fraction of sp³-hybridized carbons (Fsp3) is 0.636. The number of methoxy groups -OCH3 is 1. The first-order valence-electron chi connectivity index (χ1n) is 5.30. The Labute approximate surface area is 95.0 Å². The molecule has 1 rings (SSSR count). The first-order chi connectivity index (χ1) is 7.52. The van der Waals surface area contributed by atoms with Gasteiger partial charge in [-0.05, 0) is 5.92 Å². The zero-order valence-electron chi connectivity index (χ0n) is 9.88. The fourth-order valence-electron chi connectivity index (χ4n) is 1.38. The molecule has 0 radical (unpaired) electrons. The van der Waals surface area contributed by atoms with Gasteiger partial charge in [0.25, 0.3) is 0 Å². The summed E-state index contributed by atoms with van der Waals surface area (Å²) in [6.07, 6.45) is 2.46.